The number of aryl methyl sites for hydroxylation is 3. The molecule has 0 aliphatic heterocycles. The van der Waals surface area contributed by atoms with Gasteiger partial charge in [0.15, 0.2) is 0 Å². The molecule has 1 heterocycles. The first kappa shape index (κ1) is 13.4. The first-order valence-electron chi connectivity index (χ1n) is 7.59. The lowest BCUT2D eigenvalue weighted by atomic mass is 9.88. The average Bonchev–Trinajstić information content (AvgIpc) is 2.89. The highest BCUT2D eigenvalue weighted by molar-refractivity contribution is 5.30. The molecule has 3 heteroatoms. The van der Waals surface area contributed by atoms with Crippen LogP contribution in [0.25, 0.3) is 0 Å². The highest BCUT2D eigenvalue weighted by Crippen LogP contribution is 2.20. The summed E-state index contributed by atoms with van der Waals surface area (Å²) in [7, 11) is 1.97. The molecule has 1 aromatic heterocycles. The molecule has 0 spiro atoms. The van der Waals surface area contributed by atoms with E-state index in [9.17, 15) is 0 Å². The van der Waals surface area contributed by atoms with Gasteiger partial charge >= 0.3 is 0 Å². The van der Waals surface area contributed by atoms with Gasteiger partial charge in [-0.15, -0.1) is 0 Å². The Hall–Kier alpha value is -1.61. The lowest BCUT2D eigenvalue weighted by molar-refractivity contribution is 0.454. The number of nitrogens with zero attached hydrogens (tertiary/aromatic N) is 2. The number of hydrogen-bond acceptors (Lipinski definition) is 2. The molecule has 2 aromatic rings. The monoisotopic (exact) mass is 269 g/mol. The van der Waals surface area contributed by atoms with Gasteiger partial charge in [0.25, 0.3) is 0 Å². The number of aromatic nitrogens is 2. The lowest BCUT2D eigenvalue weighted by Gasteiger charge is -2.25. The molecule has 0 fully saturated rings. The van der Waals surface area contributed by atoms with Gasteiger partial charge in [-0.3, -0.25) is 4.68 Å². The number of fused-ring (bicyclic) bond motifs is 1. The van der Waals surface area contributed by atoms with Gasteiger partial charge in [-0.2, -0.15) is 5.10 Å². The molecule has 3 rings (SSSR count). The Morgan fingerprint density at radius 2 is 2.15 bits per heavy atom. The van der Waals surface area contributed by atoms with Crippen LogP contribution in [-0.4, -0.2) is 22.4 Å². The molecule has 106 valence electrons. The number of nitrogens with one attached hydrogen (secondary N) is 1. The number of hydrogen-bond donors (Lipinski definition) is 1. The molecule has 1 atom stereocenters. The SMILES string of the molecule is Cn1cc(CCCN[C@@H]2CCc3ccccc3C2)cn1. The van der Waals surface area contributed by atoms with Gasteiger partial charge in [0.2, 0.25) is 0 Å². The second kappa shape index (κ2) is 6.23. The summed E-state index contributed by atoms with van der Waals surface area (Å²) in [5.74, 6) is 0. The molecule has 3 nitrogen and oxygen atoms in total. The molecule has 1 aromatic carbocycles. The summed E-state index contributed by atoms with van der Waals surface area (Å²) in [6.07, 6.45) is 10.0. The van der Waals surface area contributed by atoms with Gasteiger partial charge in [-0.25, -0.2) is 0 Å². The third-order valence-corrected chi connectivity index (χ3v) is 4.18. The first-order valence-corrected chi connectivity index (χ1v) is 7.59. The largest absolute Gasteiger partial charge is 0.314 e. The van der Waals surface area contributed by atoms with Crippen LogP contribution >= 0.6 is 0 Å². The standard InChI is InChI=1S/C17H23N3/c1-20-13-14(12-19-20)5-4-10-18-17-9-8-15-6-2-3-7-16(15)11-17/h2-3,6-7,12-13,17-18H,4-5,8-11H2,1H3/t17-/m1/s1. The molecule has 0 bridgehead atoms. The van der Waals surface area contributed by atoms with Crippen LogP contribution in [0.2, 0.25) is 0 Å². The summed E-state index contributed by atoms with van der Waals surface area (Å²) >= 11 is 0. The second-order valence-electron chi connectivity index (χ2n) is 5.79. The maximum absolute atomic E-state index is 4.21. The van der Waals surface area contributed by atoms with Crippen molar-refractivity contribution in [2.45, 2.75) is 38.1 Å². The molecule has 1 aliphatic rings. The molecular weight excluding hydrogens is 246 g/mol. The van der Waals surface area contributed by atoms with E-state index in [2.05, 4.69) is 40.9 Å². The summed E-state index contributed by atoms with van der Waals surface area (Å²) in [5.41, 5.74) is 4.41. The van der Waals surface area contributed by atoms with Gasteiger partial charge in [0.1, 0.15) is 0 Å². The van der Waals surface area contributed by atoms with Crippen LogP contribution in [0.4, 0.5) is 0 Å². The molecule has 0 saturated carbocycles. The summed E-state index contributed by atoms with van der Waals surface area (Å²) < 4.78 is 1.88. The van der Waals surface area contributed by atoms with E-state index in [1.165, 1.54) is 36.8 Å². The fourth-order valence-corrected chi connectivity index (χ4v) is 3.07. The summed E-state index contributed by atoms with van der Waals surface area (Å²) in [4.78, 5) is 0. The minimum atomic E-state index is 0.652. The van der Waals surface area contributed by atoms with Gasteiger partial charge < -0.3 is 5.32 Å². The van der Waals surface area contributed by atoms with Crippen LogP contribution in [0.15, 0.2) is 36.7 Å². The van der Waals surface area contributed by atoms with Crippen molar-refractivity contribution in [1.29, 1.82) is 0 Å². The van der Waals surface area contributed by atoms with E-state index >= 15 is 0 Å². The van der Waals surface area contributed by atoms with Crippen molar-refractivity contribution in [2.75, 3.05) is 6.54 Å². The average molecular weight is 269 g/mol. The molecule has 0 unspecified atom stereocenters. The van der Waals surface area contributed by atoms with Gasteiger partial charge in [-0.05, 0) is 55.3 Å². The minimum absolute atomic E-state index is 0.652. The number of rotatable bonds is 5. The van der Waals surface area contributed by atoms with Crippen LogP contribution in [0, 0.1) is 0 Å². The third-order valence-electron chi connectivity index (χ3n) is 4.18. The van der Waals surface area contributed by atoms with Crippen molar-refractivity contribution in [2.24, 2.45) is 7.05 Å². The lowest BCUT2D eigenvalue weighted by Crippen LogP contribution is -2.35. The topological polar surface area (TPSA) is 29.9 Å². The zero-order chi connectivity index (χ0) is 13.8. The van der Waals surface area contributed by atoms with E-state index in [4.69, 9.17) is 0 Å². The zero-order valence-corrected chi connectivity index (χ0v) is 12.2. The highest BCUT2D eigenvalue weighted by Gasteiger charge is 2.17. The zero-order valence-electron chi connectivity index (χ0n) is 12.2. The van der Waals surface area contributed by atoms with Gasteiger partial charge in [0, 0.05) is 19.3 Å². The van der Waals surface area contributed by atoms with Crippen molar-refractivity contribution in [3.8, 4) is 0 Å². The maximum Gasteiger partial charge on any atom is 0.0521 e. The molecule has 0 saturated heterocycles. The van der Waals surface area contributed by atoms with Crippen LogP contribution in [0.5, 0.6) is 0 Å². The Morgan fingerprint density at radius 1 is 1.30 bits per heavy atom. The summed E-state index contributed by atoms with van der Waals surface area (Å²) in [6.45, 7) is 1.10. The third kappa shape index (κ3) is 3.28. The van der Waals surface area contributed by atoms with E-state index in [-0.39, 0.29) is 0 Å². The number of benzene rings is 1. The molecule has 20 heavy (non-hydrogen) atoms. The Morgan fingerprint density at radius 3 is 2.95 bits per heavy atom. The van der Waals surface area contributed by atoms with Gasteiger partial charge in [-0.1, -0.05) is 24.3 Å². The Kier molecular flexibility index (Phi) is 4.16. The van der Waals surface area contributed by atoms with E-state index in [1.54, 1.807) is 5.56 Å². The van der Waals surface area contributed by atoms with Crippen molar-refractivity contribution in [1.82, 2.24) is 15.1 Å². The normalized spacial score (nSPS) is 17.9. The van der Waals surface area contributed by atoms with Crippen molar-refractivity contribution >= 4 is 0 Å². The van der Waals surface area contributed by atoms with Crippen LogP contribution < -0.4 is 5.32 Å². The van der Waals surface area contributed by atoms with Crippen molar-refractivity contribution in [3.05, 3.63) is 53.3 Å². The van der Waals surface area contributed by atoms with E-state index in [0.717, 1.165) is 13.0 Å². The summed E-state index contributed by atoms with van der Waals surface area (Å²) in [6, 6.07) is 9.51. The van der Waals surface area contributed by atoms with Crippen molar-refractivity contribution < 1.29 is 0 Å². The Balaban J connectivity index is 1.42. The molecule has 1 N–H and O–H groups in total. The van der Waals surface area contributed by atoms with E-state index in [1.807, 2.05) is 17.9 Å². The minimum Gasteiger partial charge on any atom is -0.314 e. The van der Waals surface area contributed by atoms with Crippen LogP contribution in [-0.2, 0) is 26.3 Å². The predicted molar refractivity (Wildman–Crippen MR) is 81.8 cm³/mol. The molecule has 0 amide bonds. The van der Waals surface area contributed by atoms with Crippen molar-refractivity contribution in [3.63, 3.8) is 0 Å². The molecule has 1 aliphatic carbocycles. The van der Waals surface area contributed by atoms with Crippen LogP contribution in [0.1, 0.15) is 29.5 Å². The quantitative estimate of drug-likeness (QED) is 0.845. The fraction of sp³-hybridized carbons (Fsp3) is 0.471. The predicted octanol–water partition coefficient (Wildman–Crippen LogP) is 2.50. The first-order chi connectivity index (χ1) is 9.81. The highest BCUT2D eigenvalue weighted by atomic mass is 15.2. The Bertz CT molecular complexity index is 559. The molecular formula is C17H23N3. The fourth-order valence-electron chi connectivity index (χ4n) is 3.07. The second-order valence-corrected chi connectivity index (χ2v) is 5.79. The maximum atomic E-state index is 4.21. The van der Waals surface area contributed by atoms with E-state index in [0.29, 0.717) is 6.04 Å². The molecule has 0 radical (unpaired) electrons. The van der Waals surface area contributed by atoms with Gasteiger partial charge in [0.05, 0.1) is 6.20 Å². The Labute approximate surface area is 121 Å². The summed E-state index contributed by atoms with van der Waals surface area (Å²) in [5, 5.41) is 7.92. The van der Waals surface area contributed by atoms with Crippen LogP contribution in [0.3, 0.4) is 0 Å². The van der Waals surface area contributed by atoms with E-state index < -0.39 is 0 Å². The smallest absolute Gasteiger partial charge is 0.0521 e.